The van der Waals surface area contributed by atoms with Crippen molar-refractivity contribution < 1.29 is 27.4 Å². The fourth-order valence-corrected chi connectivity index (χ4v) is 4.08. The van der Waals surface area contributed by atoms with E-state index < -0.39 is 29.9 Å². The second-order valence-corrected chi connectivity index (χ2v) is 9.22. The highest BCUT2D eigenvalue weighted by Crippen LogP contribution is 2.30. The predicted octanol–water partition coefficient (Wildman–Crippen LogP) is 5.05. The highest BCUT2D eigenvalue weighted by Gasteiger charge is 2.31. The number of hydrogen-bond donors (Lipinski definition) is 0. The van der Waals surface area contributed by atoms with E-state index in [9.17, 15) is 27.6 Å². The van der Waals surface area contributed by atoms with Crippen LogP contribution in [-0.2, 0) is 24.9 Å². The van der Waals surface area contributed by atoms with Crippen molar-refractivity contribution in [2.24, 2.45) is 7.05 Å². The van der Waals surface area contributed by atoms with Gasteiger partial charge < -0.3 is 9.47 Å². The van der Waals surface area contributed by atoms with Crippen LogP contribution in [0.5, 0.6) is 17.5 Å². The fraction of sp³-hybridized carbons (Fsp3) is 0.308. The van der Waals surface area contributed by atoms with Crippen LogP contribution in [0.2, 0.25) is 5.02 Å². The number of carbonyl (C=O) groups is 1. The molecule has 2 heterocycles. The number of rotatable bonds is 10. The first kappa shape index (κ1) is 28.0. The van der Waals surface area contributed by atoms with E-state index in [1.807, 2.05) is 6.92 Å². The molecule has 0 spiro atoms. The van der Waals surface area contributed by atoms with Crippen LogP contribution in [0.3, 0.4) is 0 Å². The maximum Gasteiger partial charge on any atom is 0.573 e. The van der Waals surface area contributed by atoms with Gasteiger partial charge in [-0.25, -0.2) is 4.79 Å². The van der Waals surface area contributed by atoms with E-state index in [0.29, 0.717) is 17.0 Å². The van der Waals surface area contributed by atoms with Crippen molar-refractivity contribution in [1.82, 2.24) is 18.7 Å². The molecule has 9 nitrogen and oxygen atoms in total. The van der Waals surface area contributed by atoms with Gasteiger partial charge in [-0.1, -0.05) is 43.1 Å². The molecule has 0 radical (unpaired) electrons. The summed E-state index contributed by atoms with van der Waals surface area (Å²) in [5.74, 6) is -0.831. The summed E-state index contributed by atoms with van der Waals surface area (Å²) < 4.78 is 51.3. The summed E-state index contributed by atoms with van der Waals surface area (Å²) in [5, 5.41) is 0.488. The number of unbranched alkanes of at least 4 members (excludes halogenated alkanes) is 1. The Kier molecular flexibility index (Phi) is 8.14. The SMILES string of the molecule is CCCCC(=O)Cn1c(=O)c2c(nc(Oc3cccc(OC(F)(F)F)c3)n2Cc2ccc(Cl)cc2)n(C)c1=O. The van der Waals surface area contributed by atoms with E-state index in [1.165, 1.54) is 23.7 Å². The number of imidazole rings is 1. The van der Waals surface area contributed by atoms with E-state index in [2.05, 4.69) is 9.72 Å². The van der Waals surface area contributed by atoms with Gasteiger partial charge in [0, 0.05) is 24.6 Å². The lowest BCUT2D eigenvalue weighted by molar-refractivity contribution is -0.274. The van der Waals surface area contributed by atoms with Crippen LogP contribution in [0.15, 0.2) is 58.1 Å². The van der Waals surface area contributed by atoms with Crippen LogP contribution < -0.4 is 20.7 Å². The Morgan fingerprint density at radius 3 is 2.41 bits per heavy atom. The molecular weight excluding hydrogens is 541 g/mol. The van der Waals surface area contributed by atoms with Crippen molar-refractivity contribution in [2.45, 2.75) is 45.6 Å². The third kappa shape index (κ3) is 6.51. The number of aryl methyl sites for hydroxylation is 1. The molecule has 4 rings (SSSR count). The summed E-state index contributed by atoms with van der Waals surface area (Å²) >= 11 is 6.00. The van der Waals surface area contributed by atoms with Crippen molar-refractivity contribution in [3.8, 4) is 17.5 Å². The normalized spacial score (nSPS) is 11.6. The van der Waals surface area contributed by atoms with Gasteiger partial charge in [0.15, 0.2) is 16.9 Å². The third-order valence-electron chi connectivity index (χ3n) is 5.84. The number of aromatic nitrogens is 4. The van der Waals surface area contributed by atoms with Gasteiger partial charge in [-0.2, -0.15) is 4.98 Å². The molecule has 0 atom stereocenters. The zero-order valence-electron chi connectivity index (χ0n) is 21.0. The summed E-state index contributed by atoms with van der Waals surface area (Å²) in [6, 6.07) is 11.4. The number of ketones is 1. The largest absolute Gasteiger partial charge is 0.573 e. The smallest absolute Gasteiger partial charge is 0.425 e. The molecule has 0 aliphatic carbocycles. The van der Waals surface area contributed by atoms with E-state index in [0.717, 1.165) is 27.7 Å². The number of alkyl halides is 3. The monoisotopic (exact) mass is 564 g/mol. The minimum absolute atomic E-state index is 0.0195. The zero-order chi connectivity index (χ0) is 28.3. The molecule has 0 aliphatic rings. The number of halogens is 4. The third-order valence-corrected chi connectivity index (χ3v) is 6.10. The number of carbonyl (C=O) groups excluding carboxylic acids is 1. The Labute approximate surface area is 225 Å². The average Bonchev–Trinajstić information content (AvgIpc) is 3.22. The summed E-state index contributed by atoms with van der Waals surface area (Å²) in [4.78, 5) is 43.4. The molecular formula is C26H24ClF3N4O5. The Hall–Kier alpha value is -4.06. The number of ether oxygens (including phenoxy) is 2. The standard InChI is InChI=1S/C26H24ClF3N4O5/c1-3-4-6-18(35)15-34-23(36)21-22(32(2)25(34)37)31-24(33(21)14-16-9-11-17(27)12-10-16)38-19-7-5-8-20(13-19)39-26(28,29)30/h5,7-13H,3-4,6,14-15H2,1-2H3. The summed E-state index contributed by atoms with van der Waals surface area (Å²) in [6.45, 7) is 1.56. The summed E-state index contributed by atoms with van der Waals surface area (Å²) in [6.07, 6.45) is -3.28. The van der Waals surface area contributed by atoms with Crippen LogP contribution in [0, 0.1) is 0 Å². The number of fused-ring (bicyclic) bond motifs is 1. The molecule has 13 heteroatoms. The second-order valence-electron chi connectivity index (χ2n) is 8.78. The Balaban J connectivity index is 1.85. The van der Waals surface area contributed by atoms with Crippen LogP contribution in [-0.4, -0.2) is 30.8 Å². The van der Waals surface area contributed by atoms with Crippen molar-refractivity contribution in [2.75, 3.05) is 0 Å². The molecule has 0 aliphatic heterocycles. The number of nitrogens with zero attached hydrogens (tertiary/aromatic N) is 4. The van der Waals surface area contributed by atoms with E-state index in [1.54, 1.807) is 24.3 Å². The summed E-state index contributed by atoms with van der Waals surface area (Å²) in [5.41, 5.74) is -0.831. The first-order valence-electron chi connectivity index (χ1n) is 12.0. The molecule has 206 valence electrons. The van der Waals surface area contributed by atoms with Gasteiger partial charge >= 0.3 is 18.1 Å². The quantitative estimate of drug-likeness (QED) is 0.267. The van der Waals surface area contributed by atoms with Crippen molar-refractivity contribution in [1.29, 1.82) is 0 Å². The van der Waals surface area contributed by atoms with Gasteiger partial charge in [0.25, 0.3) is 5.56 Å². The number of benzene rings is 2. The first-order valence-corrected chi connectivity index (χ1v) is 12.3. The first-order chi connectivity index (χ1) is 18.5. The van der Waals surface area contributed by atoms with Gasteiger partial charge in [-0.15, -0.1) is 13.2 Å². The Morgan fingerprint density at radius 1 is 1.05 bits per heavy atom. The van der Waals surface area contributed by atoms with Crippen molar-refractivity contribution >= 4 is 28.5 Å². The van der Waals surface area contributed by atoms with Gasteiger partial charge in [-0.3, -0.25) is 23.3 Å². The molecule has 0 unspecified atom stereocenters. The van der Waals surface area contributed by atoms with Crippen LogP contribution in [0.1, 0.15) is 31.7 Å². The van der Waals surface area contributed by atoms with Crippen molar-refractivity contribution in [3.63, 3.8) is 0 Å². The Morgan fingerprint density at radius 2 is 1.74 bits per heavy atom. The van der Waals surface area contributed by atoms with Crippen LogP contribution >= 0.6 is 11.6 Å². The highest BCUT2D eigenvalue weighted by atomic mass is 35.5. The molecule has 0 amide bonds. The Bertz CT molecular complexity index is 1620. The lowest BCUT2D eigenvalue weighted by atomic mass is 10.2. The second kappa shape index (κ2) is 11.4. The average molecular weight is 565 g/mol. The topological polar surface area (TPSA) is 97.3 Å². The molecule has 0 saturated carbocycles. The van der Waals surface area contributed by atoms with Crippen molar-refractivity contribution in [3.05, 3.63) is 80.0 Å². The van der Waals surface area contributed by atoms with E-state index in [4.69, 9.17) is 16.3 Å². The molecule has 2 aromatic heterocycles. The van der Waals surface area contributed by atoms with Gasteiger partial charge in [-0.05, 0) is 36.2 Å². The minimum atomic E-state index is -4.90. The molecule has 4 aromatic rings. The lowest BCUT2D eigenvalue weighted by Gasteiger charge is -2.12. The minimum Gasteiger partial charge on any atom is -0.425 e. The van der Waals surface area contributed by atoms with E-state index in [-0.39, 0.29) is 41.7 Å². The molecule has 0 bridgehead atoms. The van der Waals surface area contributed by atoms with Gasteiger partial charge in [0.05, 0.1) is 13.1 Å². The summed E-state index contributed by atoms with van der Waals surface area (Å²) in [7, 11) is 1.40. The molecule has 39 heavy (non-hydrogen) atoms. The van der Waals surface area contributed by atoms with E-state index >= 15 is 0 Å². The number of Topliss-reactive ketones (excluding diaryl/α,β-unsaturated/α-hetero) is 1. The predicted molar refractivity (Wildman–Crippen MR) is 138 cm³/mol. The highest BCUT2D eigenvalue weighted by molar-refractivity contribution is 6.30. The maximum absolute atomic E-state index is 13.6. The fourth-order valence-electron chi connectivity index (χ4n) is 3.96. The molecule has 2 aromatic carbocycles. The number of hydrogen-bond acceptors (Lipinski definition) is 6. The molecule has 0 fully saturated rings. The molecule has 0 saturated heterocycles. The van der Waals surface area contributed by atoms with Gasteiger partial charge in [0.2, 0.25) is 0 Å². The molecule has 0 N–H and O–H groups in total. The van der Waals surface area contributed by atoms with Crippen LogP contribution in [0.4, 0.5) is 13.2 Å². The lowest BCUT2D eigenvalue weighted by Crippen LogP contribution is -2.41. The van der Waals surface area contributed by atoms with Gasteiger partial charge in [0.1, 0.15) is 11.5 Å². The maximum atomic E-state index is 13.6. The van der Waals surface area contributed by atoms with Crippen LogP contribution in [0.25, 0.3) is 11.2 Å². The zero-order valence-corrected chi connectivity index (χ0v) is 21.8.